The van der Waals surface area contributed by atoms with Crippen LogP contribution in [-0.2, 0) is 16.5 Å². The van der Waals surface area contributed by atoms with Crippen molar-refractivity contribution in [1.82, 2.24) is 0 Å². The summed E-state index contributed by atoms with van der Waals surface area (Å²) >= 11 is 0. The van der Waals surface area contributed by atoms with Crippen LogP contribution < -0.4 is 51.4 Å². The molecule has 1 aromatic rings. The van der Waals surface area contributed by atoms with Gasteiger partial charge >= 0.3 is 51.4 Å². The molecule has 0 saturated heterocycles. The average Bonchev–Trinajstić information content (AvgIpc) is 2.03. The predicted molar refractivity (Wildman–Crippen MR) is 43.8 cm³/mol. The predicted octanol–water partition coefficient (Wildman–Crippen LogP) is -1.84. The van der Waals surface area contributed by atoms with Crippen LogP contribution in [0.5, 0.6) is 0 Å². The molecular formula is C8H9KO3S. The summed E-state index contributed by atoms with van der Waals surface area (Å²) < 4.78 is 31.6. The maximum absolute atomic E-state index is 10.5. The molecule has 0 bridgehead atoms. The molecule has 0 fully saturated rings. The van der Waals surface area contributed by atoms with Crippen LogP contribution >= 0.6 is 0 Å². The summed E-state index contributed by atoms with van der Waals surface area (Å²) in [6.45, 7) is 1.90. The van der Waals surface area contributed by atoms with Crippen molar-refractivity contribution in [3.63, 3.8) is 0 Å². The molecule has 0 aromatic heterocycles. The number of benzene rings is 1. The SMILES string of the molecule is CCc1cccc(S(=O)(=O)[O-])c1.[K+]. The van der Waals surface area contributed by atoms with Gasteiger partial charge in [0, 0.05) is 0 Å². The Morgan fingerprint density at radius 3 is 2.46 bits per heavy atom. The summed E-state index contributed by atoms with van der Waals surface area (Å²) in [7, 11) is -4.29. The van der Waals surface area contributed by atoms with E-state index >= 15 is 0 Å². The van der Waals surface area contributed by atoms with Gasteiger partial charge in [0.1, 0.15) is 10.1 Å². The molecule has 0 radical (unpaired) electrons. The number of hydrogen-bond donors (Lipinski definition) is 0. The molecule has 3 nitrogen and oxygen atoms in total. The molecule has 13 heavy (non-hydrogen) atoms. The Bertz CT molecular complexity index is 373. The van der Waals surface area contributed by atoms with E-state index in [9.17, 15) is 13.0 Å². The second-order valence-corrected chi connectivity index (χ2v) is 3.83. The van der Waals surface area contributed by atoms with Gasteiger partial charge in [0.15, 0.2) is 0 Å². The summed E-state index contributed by atoms with van der Waals surface area (Å²) in [4.78, 5) is -0.151. The van der Waals surface area contributed by atoms with Crippen molar-refractivity contribution >= 4 is 10.1 Å². The summed E-state index contributed by atoms with van der Waals surface area (Å²) in [5, 5.41) is 0. The van der Waals surface area contributed by atoms with Crippen molar-refractivity contribution in [2.45, 2.75) is 18.2 Å². The first-order valence-electron chi connectivity index (χ1n) is 3.59. The minimum atomic E-state index is -4.29. The molecule has 0 aliphatic carbocycles. The monoisotopic (exact) mass is 224 g/mol. The van der Waals surface area contributed by atoms with Crippen molar-refractivity contribution in [2.24, 2.45) is 0 Å². The van der Waals surface area contributed by atoms with Crippen LogP contribution in [0.3, 0.4) is 0 Å². The molecule has 0 saturated carbocycles. The smallest absolute Gasteiger partial charge is 0.744 e. The van der Waals surface area contributed by atoms with E-state index < -0.39 is 10.1 Å². The maximum Gasteiger partial charge on any atom is 1.00 e. The first kappa shape index (κ1) is 13.8. The zero-order valence-corrected chi connectivity index (χ0v) is 11.6. The molecule has 66 valence electrons. The van der Waals surface area contributed by atoms with Crippen LogP contribution in [-0.4, -0.2) is 13.0 Å². The Hall–Kier alpha value is 0.766. The second kappa shape index (κ2) is 5.60. The summed E-state index contributed by atoms with van der Waals surface area (Å²) in [5.74, 6) is 0. The van der Waals surface area contributed by atoms with Crippen molar-refractivity contribution < 1.29 is 64.4 Å². The van der Waals surface area contributed by atoms with Crippen LogP contribution in [0.2, 0.25) is 0 Å². The maximum atomic E-state index is 10.5. The van der Waals surface area contributed by atoms with Crippen LogP contribution in [0.4, 0.5) is 0 Å². The quantitative estimate of drug-likeness (QED) is 0.438. The van der Waals surface area contributed by atoms with Crippen molar-refractivity contribution in [2.75, 3.05) is 0 Å². The molecule has 0 atom stereocenters. The van der Waals surface area contributed by atoms with Gasteiger partial charge in [-0.15, -0.1) is 0 Å². The average molecular weight is 224 g/mol. The van der Waals surface area contributed by atoms with Gasteiger partial charge in [0.25, 0.3) is 0 Å². The van der Waals surface area contributed by atoms with E-state index in [0.717, 1.165) is 12.0 Å². The van der Waals surface area contributed by atoms with Crippen LogP contribution in [0.25, 0.3) is 0 Å². The fourth-order valence-corrected chi connectivity index (χ4v) is 1.46. The first-order valence-corrected chi connectivity index (χ1v) is 4.99. The van der Waals surface area contributed by atoms with Crippen molar-refractivity contribution in [1.29, 1.82) is 0 Å². The van der Waals surface area contributed by atoms with E-state index in [2.05, 4.69) is 0 Å². The molecule has 5 heteroatoms. The zero-order chi connectivity index (χ0) is 9.19. The third kappa shape index (κ3) is 4.20. The number of aryl methyl sites for hydroxylation is 1. The van der Waals surface area contributed by atoms with Gasteiger partial charge < -0.3 is 4.55 Å². The van der Waals surface area contributed by atoms with Crippen LogP contribution in [0.1, 0.15) is 12.5 Å². The van der Waals surface area contributed by atoms with E-state index in [1.165, 1.54) is 12.1 Å². The Labute approximate surface area is 121 Å². The normalized spacial score (nSPS) is 10.6. The molecule has 0 unspecified atom stereocenters. The third-order valence-electron chi connectivity index (χ3n) is 1.60. The molecule has 1 aromatic carbocycles. The van der Waals surface area contributed by atoms with Gasteiger partial charge in [-0.1, -0.05) is 19.1 Å². The standard InChI is InChI=1S/C8H10O3S.K/c1-2-7-4-3-5-8(6-7)12(9,10)11;/h3-6H,2H2,1H3,(H,9,10,11);/q;+1/p-1. The molecule has 0 spiro atoms. The van der Waals surface area contributed by atoms with Gasteiger partial charge in [-0.2, -0.15) is 0 Å². The Morgan fingerprint density at radius 2 is 2.00 bits per heavy atom. The van der Waals surface area contributed by atoms with Crippen LogP contribution in [0, 0.1) is 0 Å². The summed E-state index contributed by atoms with van der Waals surface area (Å²) in [6.07, 6.45) is 0.726. The third-order valence-corrected chi connectivity index (χ3v) is 2.43. The fourth-order valence-electron chi connectivity index (χ4n) is 0.921. The Balaban J connectivity index is 0.00000144. The van der Waals surface area contributed by atoms with Gasteiger partial charge in [-0.25, -0.2) is 8.42 Å². The number of hydrogen-bond acceptors (Lipinski definition) is 3. The molecule has 0 aliphatic heterocycles. The molecule has 0 N–H and O–H groups in total. The molecular weight excluding hydrogens is 215 g/mol. The zero-order valence-electron chi connectivity index (χ0n) is 7.65. The molecule has 1 rings (SSSR count). The summed E-state index contributed by atoms with van der Waals surface area (Å²) in [5.41, 5.74) is 0.854. The van der Waals surface area contributed by atoms with Gasteiger partial charge in [0.2, 0.25) is 0 Å². The minimum Gasteiger partial charge on any atom is -0.744 e. The van der Waals surface area contributed by atoms with Gasteiger partial charge in [0.05, 0.1) is 4.90 Å². The van der Waals surface area contributed by atoms with E-state index in [0.29, 0.717) is 0 Å². The molecule has 0 aliphatic rings. The minimum absolute atomic E-state index is 0. The fraction of sp³-hybridized carbons (Fsp3) is 0.250. The van der Waals surface area contributed by atoms with Crippen LogP contribution in [0.15, 0.2) is 29.2 Å². The first-order chi connectivity index (χ1) is 5.54. The van der Waals surface area contributed by atoms with Gasteiger partial charge in [-0.3, -0.25) is 0 Å². The Kier molecular flexibility index (Phi) is 5.93. The molecule has 0 amide bonds. The van der Waals surface area contributed by atoms with Gasteiger partial charge in [-0.05, 0) is 24.1 Å². The molecule has 0 heterocycles. The number of rotatable bonds is 2. The largest absolute Gasteiger partial charge is 1.00 e. The van der Waals surface area contributed by atoms with E-state index in [-0.39, 0.29) is 56.3 Å². The van der Waals surface area contributed by atoms with E-state index in [1.807, 2.05) is 6.92 Å². The second-order valence-electron chi connectivity index (χ2n) is 2.46. The van der Waals surface area contributed by atoms with E-state index in [4.69, 9.17) is 0 Å². The Morgan fingerprint density at radius 1 is 1.38 bits per heavy atom. The van der Waals surface area contributed by atoms with E-state index in [1.54, 1.807) is 12.1 Å². The topological polar surface area (TPSA) is 57.2 Å². The van der Waals surface area contributed by atoms with Crippen molar-refractivity contribution in [3.05, 3.63) is 29.8 Å². The summed E-state index contributed by atoms with van der Waals surface area (Å²) in [6, 6.07) is 6.07. The van der Waals surface area contributed by atoms with Crippen molar-refractivity contribution in [3.8, 4) is 0 Å².